The Hall–Kier alpha value is -7.32. The number of ketones is 2. The normalized spacial score (nSPS) is 13.6. The third kappa shape index (κ3) is 4.48. The molecule has 0 atom stereocenters. The number of amides is 4. The van der Waals surface area contributed by atoms with Gasteiger partial charge in [-0.2, -0.15) is 0 Å². The second-order valence-corrected chi connectivity index (χ2v) is 12.6. The van der Waals surface area contributed by atoms with Crippen molar-refractivity contribution >= 4 is 68.1 Å². The molecule has 0 bridgehead atoms. The quantitative estimate of drug-likeness (QED) is 0.130. The maximum atomic E-state index is 14.1. The van der Waals surface area contributed by atoms with Crippen LogP contribution in [0.15, 0.2) is 146 Å². The molecule has 0 spiro atoms. The van der Waals surface area contributed by atoms with Gasteiger partial charge in [0.25, 0.3) is 23.6 Å². The molecule has 0 unspecified atom stereocenters. The molecule has 2 aliphatic rings. The Morgan fingerprint density at radius 2 is 0.731 bits per heavy atom. The third-order valence-corrected chi connectivity index (χ3v) is 9.72. The van der Waals surface area contributed by atoms with Crippen LogP contribution in [0, 0.1) is 0 Å². The fourth-order valence-corrected chi connectivity index (χ4v) is 7.32. The van der Waals surface area contributed by atoms with Crippen molar-refractivity contribution in [2.45, 2.75) is 0 Å². The molecule has 0 N–H and O–H groups in total. The summed E-state index contributed by atoms with van der Waals surface area (Å²) in [6.07, 6.45) is 0. The second-order valence-electron chi connectivity index (χ2n) is 12.6. The molecule has 8 heteroatoms. The van der Waals surface area contributed by atoms with Crippen LogP contribution in [-0.2, 0) is 0 Å². The monoisotopic (exact) mass is 676 g/mol. The van der Waals surface area contributed by atoms with Gasteiger partial charge in [-0.05, 0) is 77.5 Å². The Morgan fingerprint density at radius 1 is 0.365 bits per heavy atom. The van der Waals surface area contributed by atoms with Crippen LogP contribution in [0.4, 0.5) is 11.4 Å². The van der Waals surface area contributed by atoms with Crippen molar-refractivity contribution in [2.75, 3.05) is 9.80 Å². The number of imide groups is 2. The van der Waals surface area contributed by atoms with Crippen LogP contribution in [0.1, 0.15) is 73.3 Å². The number of carbonyl (C=O) groups excluding carboxylic acids is 6. The van der Waals surface area contributed by atoms with Gasteiger partial charge in [0.2, 0.25) is 0 Å². The number of anilines is 2. The van der Waals surface area contributed by atoms with E-state index in [1.165, 1.54) is 6.07 Å². The molecule has 2 aliphatic heterocycles. The number of carbonyl (C=O) groups is 6. The molecule has 0 aliphatic carbocycles. The molecule has 7 aromatic rings. The summed E-state index contributed by atoms with van der Waals surface area (Å²) in [7, 11) is 0. The van der Waals surface area contributed by atoms with Gasteiger partial charge in [0.1, 0.15) is 0 Å². The molecule has 0 aromatic heterocycles. The van der Waals surface area contributed by atoms with Gasteiger partial charge in [0.15, 0.2) is 11.6 Å². The fourth-order valence-electron chi connectivity index (χ4n) is 7.32. The summed E-state index contributed by atoms with van der Waals surface area (Å²) in [4.78, 5) is 85.1. The minimum atomic E-state index is -0.483. The largest absolute Gasteiger partial charge is 0.289 e. The van der Waals surface area contributed by atoms with E-state index in [4.69, 9.17) is 0 Å². The highest BCUT2D eigenvalue weighted by atomic mass is 16.2. The standard InChI is InChI=1S/C44H24N2O6/c47-39(31-20-22-35-37-29(31)16-8-18-33(37)41(49)45(43(35)51)27-12-3-1-4-13-27)25-10-7-11-26(24-25)40(48)32-21-23-36-38-30(32)17-9-19-34(38)42(50)46(44(36)52)28-14-5-2-6-15-28/h1-24H. The van der Waals surface area contributed by atoms with Gasteiger partial charge >= 0.3 is 0 Å². The summed E-state index contributed by atoms with van der Waals surface area (Å²) in [6, 6.07) is 40.1. The molecule has 0 saturated carbocycles. The maximum absolute atomic E-state index is 14.1. The highest BCUT2D eigenvalue weighted by Gasteiger charge is 2.36. The Morgan fingerprint density at radius 3 is 1.13 bits per heavy atom. The predicted molar refractivity (Wildman–Crippen MR) is 196 cm³/mol. The molecule has 7 aromatic carbocycles. The molecule has 52 heavy (non-hydrogen) atoms. The highest BCUT2D eigenvalue weighted by Crippen LogP contribution is 2.37. The number of benzene rings is 7. The van der Waals surface area contributed by atoms with E-state index in [2.05, 4.69) is 0 Å². The summed E-state index contributed by atoms with van der Waals surface area (Å²) in [5, 5.41) is 1.71. The number of rotatable bonds is 6. The third-order valence-electron chi connectivity index (χ3n) is 9.72. The Bertz CT molecular complexity index is 2520. The minimum absolute atomic E-state index is 0.234. The van der Waals surface area contributed by atoms with Gasteiger partial charge in [-0.15, -0.1) is 0 Å². The predicted octanol–water partition coefficient (Wildman–Crippen LogP) is 8.06. The van der Waals surface area contributed by atoms with E-state index in [9.17, 15) is 28.8 Å². The molecule has 0 saturated heterocycles. The molecule has 0 radical (unpaired) electrons. The van der Waals surface area contributed by atoms with Gasteiger partial charge in [-0.25, -0.2) is 9.80 Å². The lowest BCUT2D eigenvalue weighted by molar-refractivity contribution is 0.0877. The average molecular weight is 677 g/mol. The lowest BCUT2D eigenvalue weighted by Crippen LogP contribution is -2.40. The van der Waals surface area contributed by atoms with Crippen molar-refractivity contribution in [1.82, 2.24) is 0 Å². The van der Waals surface area contributed by atoms with Crippen LogP contribution < -0.4 is 9.80 Å². The lowest BCUT2D eigenvalue weighted by Gasteiger charge is -2.27. The van der Waals surface area contributed by atoms with Gasteiger partial charge in [-0.3, -0.25) is 28.8 Å². The van der Waals surface area contributed by atoms with E-state index in [0.717, 1.165) is 9.80 Å². The highest BCUT2D eigenvalue weighted by molar-refractivity contribution is 6.38. The Kier molecular flexibility index (Phi) is 6.88. The van der Waals surface area contributed by atoms with Crippen molar-refractivity contribution in [3.05, 3.63) is 190 Å². The minimum Gasteiger partial charge on any atom is -0.289 e. The van der Waals surface area contributed by atoms with E-state index < -0.39 is 35.2 Å². The topological polar surface area (TPSA) is 109 Å². The number of hydrogen-bond donors (Lipinski definition) is 0. The summed E-state index contributed by atoms with van der Waals surface area (Å²) in [6.45, 7) is 0. The first kappa shape index (κ1) is 30.7. The van der Waals surface area contributed by atoms with E-state index >= 15 is 0 Å². The number of nitrogens with zero attached hydrogens (tertiary/aromatic N) is 2. The summed E-state index contributed by atoms with van der Waals surface area (Å²) < 4.78 is 0. The first-order valence-electron chi connectivity index (χ1n) is 16.5. The van der Waals surface area contributed by atoms with Gasteiger partial charge < -0.3 is 0 Å². The van der Waals surface area contributed by atoms with E-state index in [1.54, 1.807) is 140 Å². The number of para-hydroxylation sites is 2. The molecule has 246 valence electrons. The molecule has 9 rings (SSSR count). The van der Waals surface area contributed by atoms with E-state index in [-0.39, 0.29) is 22.3 Å². The van der Waals surface area contributed by atoms with Gasteiger partial charge in [0, 0.05) is 55.3 Å². The number of hydrogen-bond acceptors (Lipinski definition) is 6. The molecule has 8 nitrogen and oxygen atoms in total. The van der Waals surface area contributed by atoms with Crippen molar-refractivity contribution in [3.8, 4) is 0 Å². The van der Waals surface area contributed by atoms with Crippen LogP contribution in [0.3, 0.4) is 0 Å². The molecular formula is C44H24N2O6. The molecular weight excluding hydrogens is 652 g/mol. The first-order chi connectivity index (χ1) is 25.3. The molecule has 2 heterocycles. The van der Waals surface area contributed by atoms with E-state index in [1.807, 2.05) is 0 Å². The SMILES string of the molecule is O=C(c1cccc(C(=O)c2ccc3c4c(cccc24)C(=O)N(c2ccccc2)C3=O)c1)c1ccc2c3c(cccc13)C(=O)N(c1ccccc1)C2=O. The van der Waals surface area contributed by atoms with Gasteiger partial charge in [0.05, 0.1) is 11.4 Å². The average Bonchev–Trinajstić information content (AvgIpc) is 3.19. The van der Waals surface area contributed by atoms with Crippen LogP contribution in [0.5, 0.6) is 0 Å². The lowest BCUT2D eigenvalue weighted by atomic mass is 9.87. The van der Waals surface area contributed by atoms with Crippen LogP contribution in [0.2, 0.25) is 0 Å². The molecule has 4 amide bonds. The maximum Gasteiger partial charge on any atom is 0.265 e. The smallest absolute Gasteiger partial charge is 0.265 e. The molecule has 0 fully saturated rings. The Balaban J connectivity index is 1.08. The van der Waals surface area contributed by atoms with Crippen molar-refractivity contribution in [3.63, 3.8) is 0 Å². The Labute approximate surface area is 296 Å². The van der Waals surface area contributed by atoms with Crippen LogP contribution >= 0.6 is 0 Å². The zero-order valence-corrected chi connectivity index (χ0v) is 27.2. The zero-order valence-electron chi connectivity index (χ0n) is 27.2. The van der Waals surface area contributed by atoms with Crippen LogP contribution in [-0.4, -0.2) is 35.2 Å². The van der Waals surface area contributed by atoms with Crippen LogP contribution in [0.25, 0.3) is 21.5 Å². The summed E-state index contributed by atoms with van der Waals surface area (Å²) in [5.74, 6) is -2.71. The second kappa shape index (κ2) is 11.6. The zero-order chi connectivity index (χ0) is 35.7. The van der Waals surface area contributed by atoms with Crippen molar-refractivity contribution in [1.29, 1.82) is 0 Å². The van der Waals surface area contributed by atoms with Crippen molar-refractivity contribution in [2.24, 2.45) is 0 Å². The van der Waals surface area contributed by atoms with E-state index in [0.29, 0.717) is 55.2 Å². The summed E-state index contributed by atoms with van der Waals surface area (Å²) >= 11 is 0. The van der Waals surface area contributed by atoms with Crippen molar-refractivity contribution < 1.29 is 28.8 Å². The first-order valence-corrected chi connectivity index (χ1v) is 16.5. The van der Waals surface area contributed by atoms with Gasteiger partial charge in [-0.1, -0.05) is 78.9 Å². The summed E-state index contributed by atoms with van der Waals surface area (Å²) in [5.41, 5.74) is 3.15. The fraction of sp³-hybridized carbons (Fsp3) is 0.